The minimum atomic E-state index is -3.56. The predicted molar refractivity (Wildman–Crippen MR) is 92.4 cm³/mol. The molecular formula is C15H27ClN2O3S. The molecule has 0 aliphatic heterocycles. The molecule has 0 aliphatic carbocycles. The van der Waals surface area contributed by atoms with Crippen molar-refractivity contribution in [2.75, 3.05) is 13.7 Å². The van der Waals surface area contributed by atoms with Crippen molar-refractivity contribution in [2.45, 2.75) is 51.0 Å². The van der Waals surface area contributed by atoms with Gasteiger partial charge in [-0.25, -0.2) is 13.1 Å². The smallest absolute Gasteiger partial charge is 0.240 e. The van der Waals surface area contributed by atoms with E-state index in [9.17, 15) is 8.42 Å². The monoisotopic (exact) mass is 350 g/mol. The lowest BCUT2D eigenvalue weighted by Gasteiger charge is -2.18. The van der Waals surface area contributed by atoms with Gasteiger partial charge >= 0.3 is 0 Å². The van der Waals surface area contributed by atoms with Crippen LogP contribution in [-0.2, 0) is 10.0 Å². The highest BCUT2D eigenvalue weighted by molar-refractivity contribution is 7.89. The standard InChI is InChI=1S/C15H26N2O3S.ClH/c1-5-6-7-13(10-16)17-21(18,19)14-8-11(2)15(20-4)12(3)9-14;/h8-9,13,17H,5-7,10,16H2,1-4H3;1H. The molecule has 0 aliphatic rings. The minimum Gasteiger partial charge on any atom is -0.496 e. The van der Waals surface area contributed by atoms with Gasteiger partial charge in [-0.15, -0.1) is 12.4 Å². The average molecular weight is 351 g/mol. The van der Waals surface area contributed by atoms with Crippen molar-refractivity contribution < 1.29 is 13.2 Å². The topological polar surface area (TPSA) is 81.4 Å². The Balaban J connectivity index is 0.00000441. The first-order chi connectivity index (χ1) is 9.85. The summed E-state index contributed by atoms with van der Waals surface area (Å²) in [7, 11) is -1.98. The number of sulfonamides is 1. The van der Waals surface area contributed by atoms with Crippen molar-refractivity contribution in [1.29, 1.82) is 0 Å². The van der Waals surface area contributed by atoms with E-state index in [2.05, 4.69) is 11.6 Å². The molecular weight excluding hydrogens is 324 g/mol. The molecule has 3 N–H and O–H groups in total. The van der Waals surface area contributed by atoms with Crippen LogP contribution in [0.1, 0.15) is 37.3 Å². The molecule has 22 heavy (non-hydrogen) atoms. The first-order valence-electron chi connectivity index (χ1n) is 7.23. The fourth-order valence-electron chi connectivity index (χ4n) is 2.35. The van der Waals surface area contributed by atoms with Crippen LogP contribution in [0.4, 0.5) is 0 Å². The zero-order valence-corrected chi connectivity index (χ0v) is 15.3. The Bertz CT molecular complexity index is 553. The number of nitrogens with one attached hydrogen (secondary N) is 1. The number of benzene rings is 1. The molecule has 0 spiro atoms. The number of hydrogen-bond donors (Lipinski definition) is 2. The maximum absolute atomic E-state index is 12.5. The molecule has 1 unspecified atom stereocenters. The first-order valence-corrected chi connectivity index (χ1v) is 8.71. The molecule has 128 valence electrons. The van der Waals surface area contributed by atoms with Crippen molar-refractivity contribution in [3.63, 3.8) is 0 Å². The van der Waals surface area contributed by atoms with Crippen molar-refractivity contribution >= 4 is 22.4 Å². The van der Waals surface area contributed by atoms with E-state index in [1.807, 2.05) is 13.8 Å². The summed E-state index contributed by atoms with van der Waals surface area (Å²) in [4.78, 5) is 0.258. The third-order valence-corrected chi connectivity index (χ3v) is 4.96. The molecule has 0 saturated carbocycles. The number of rotatable bonds is 8. The summed E-state index contributed by atoms with van der Waals surface area (Å²) in [6, 6.07) is 3.03. The zero-order chi connectivity index (χ0) is 16.0. The van der Waals surface area contributed by atoms with Crippen LogP contribution in [0.25, 0.3) is 0 Å². The maximum Gasteiger partial charge on any atom is 0.240 e. The van der Waals surface area contributed by atoms with Crippen LogP contribution in [-0.4, -0.2) is 28.1 Å². The molecule has 0 aromatic heterocycles. The summed E-state index contributed by atoms with van der Waals surface area (Å²) < 4.78 is 32.9. The number of ether oxygens (including phenoxy) is 1. The fraction of sp³-hybridized carbons (Fsp3) is 0.600. The Morgan fingerprint density at radius 3 is 2.23 bits per heavy atom. The van der Waals surface area contributed by atoms with Crippen LogP contribution in [0.3, 0.4) is 0 Å². The van der Waals surface area contributed by atoms with Crippen LogP contribution in [0.15, 0.2) is 17.0 Å². The van der Waals surface area contributed by atoms with Crippen LogP contribution < -0.4 is 15.2 Å². The molecule has 7 heteroatoms. The lowest BCUT2D eigenvalue weighted by molar-refractivity contribution is 0.408. The van der Waals surface area contributed by atoms with Crippen molar-refractivity contribution in [3.8, 4) is 5.75 Å². The van der Waals surface area contributed by atoms with Gasteiger partial charge < -0.3 is 10.5 Å². The molecule has 1 atom stereocenters. The summed E-state index contributed by atoms with van der Waals surface area (Å²) in [6.07, 6.45) is 2.71. The van der Waals surface area contributed by atoms with Crippen LogP contribution in [0.5, 0.6) is 5.75 Å². The first kappa shape index (κ1) is 21.2. The van der Waals surface area contributed by atoms with E-state index in [1.165, 1.54) is 0 Å². The second-order valence-corrected chi connectivity index (χ2v) is 7.00. The molecule has 0 amide bonds. The summed E-state index contributed by atoms with van der Waals surface area (Å²) in [5.74, 6) is 0.718. The molecule has 0 radical (unpaired) electrons. The van der Waals surface area contributed by atoms with E-state index in [1.54, 1.807) is 19.2 Å². The van der Waals surface area contributed by atoms with Gasteiger partial charge in [-0.1, -0.05) is 19.8 Å². The number of unbranched alkanes of at least 4 members (excludes halogenated alkanes) is 1. The third-order valence-electron chi connectivity index (χ3n) is 3.46. The maximum atomic E-state index is 12.5. The second-order valence-electron chi connectivity index (χ2n) is 5.29. The van der Waals surface area contributed by atoms with Crippen LogP contribution in [0.2, 0.25) is 0 Å². The van der Waals surface area contributed by atoms with Crippen LogP contribution >= 0.6 is 12.4 Å². The molecule has 0 heterocycles. The molecule has 0 saturated heterocycles. The summed E-state index contributed by atoms with van der Waals surface area (Å²) in [6.45, 7) is 6.04. The number of aryl methyl sites for hydroxylation is 2. The quantitative estimate of drug-likeness (QED) is 0.754. The number of nitrogens with two attached hydrogens (primary N) is 1. The molecule has 1 aromatic rings. The molecule has 5 nitrogen and oxygen atoms in total. The Morgan fingerprint density at radius 1 is 1.27 bits per heavy atom. The van der Waals surface area contributed by atoms with Gasteiger partial charge in [0.15, 0.2) is 0 Å². The highest BCUT2D eigenvalue weighted by Gasteiger charge is 2.20. The van der Waals surface area contributed by atoms with Crippen molar-refractivity contribution in [1.82, 2.24) is 4.72 Å². The summed E-state index contributed by atoms with van der Waals surface area (Å²) in [5.41, 5.74) is 7.26. The Hall–Kier alpha value is -0.820. The molecule has 1 rings (SSSR count). The van der Waals surface area contributed by atoms with E-state index >= 15 is 0 Å². The fourth-order valence-corrected chi connectivity index (χ4v) is 3.80. The van der Waals surface area contributed by atoms with Gasteiger partial charge in [0.05, 0.1) is 12.0 Å². The summed E-state index contributed by atoms with van der Waals surface area (Å²) >= 11 is 0. The highest BCUT2D eigenvalue weighted by atomic mass is 35.5. The SMILES string of the molecule is CCCCC(CN)NS(=O)(=O)c1cc(C)c(OC)c(C)c1.Cl. The number of halogens is 1. The molecule has 0 fully saturated rings. The minimum absolute atomic E-state index is 0. The predicted octanol–water partition coefficient (Wildman–Crippen LogP) is 2.53. The van der Waals surface area contributed by atoms with Gasteiger partial charge in [-0.2, -0.15) is 0 Å². The highest BCUT2D eigenvalue weighted by Crippen LogP contribution is 2.26. The largest absolute Gasteiger partial charge is 0.496 e. The lowest BCUT2D eigenvalue weighted by atomic mass is 10.1. The third kappa shape index (κ3) is 5.43. The van der Waals surface area contributed by atoms with E-state index < -0.39 is 10.0 Å². The molecule has 1 aromatic carbocycles. The van der Waals surface area contributed by atoms with Gasteiger partial charge in [0.2, 0.25) is 10.0 Å². The zero-order valence-electron chi connectivity index (χ0n) is 13.7. The van der Waals surface area contributed by atoms with E-state index in [0.717, 1.165) is 36.1 Å². The van der Waals surface area contributed by atoms with Gasteiger partial charge in [0.25, 0.3) is 0 Å². The van der Waals surface area contributed by atoms with Gasteiger partial charge in [-0.05, 0) is 43.5 Å². The second kappa shape index (κ2) is 9.35. The van der Waals surface area contributed by atoms with E-state index in [4.69, 9.17) is 10.5 Å². The normalized spacial score (nSPS) is 12.6. The van der Waals surface area contributed by atoms with E-state index in [-0.39, 0.29) is 23.3 Å². The van der Waals surface area contributed by atoms with Gasteiger partial charge in [-0.3, -0.25) is 0 Å². The average Bonchev–Trinajstić information content (AvgIpc) is 2.43. The summed E-state index contributed by atoms with van der Waals surface area (Å²) in [5, 5.41) is 0. The molecule has 0 bridgehead atoms. The van der Waals surface area contributed by atoms with Gasteiger partial charge in [0.1, 0.15) is 5.75 Å². The Labute approximate surface area is 140 Å². The Kier molecular flexibility index (Phi) is 9.00. The van der Waals surface area contributed by atoms with Crippen molar-refractivity contribution in [3.05, 3.63) is 23.3 Å². The van der Waals surface area contributed by atoms with E-state index in [0.29, 0.717) is 6.54 Å². The number of hydrogen-bond acceptors (Lipinski definition) is 4. The lowest BCUT2D eigenvalue weighted by Crippen LogP contribution is -2.40. The Morgan fingerprint density at radius 2 is 1.82 bits per heavy atom. The van der Waals surface area contributed by atoms with Crippen LogP contribution in [0, 0.1) is 13.8 Å². The van der Waals surface area contributed by atoms with Crippen molar-refractivity contribution in [2.24, 2.45) is 5.73 Å². The van der Waals surface area contributed by atoms with Gasteiger partial charge in [0, 0.05) is 12.6 Å². The number of methoxy groups -OCH3 is 1.